The van der Waals surface area contributed by atoms with Crippen LogP contribution in [0.5, 0.6) is 0 Å². The summed E-state index contributed by atoms with van der Waals surface area (Å²) < 4.78 is 1.33. The predicted molar refractivity (Wildman–Crippen MR) is 99.9 cm³/mol. The minimum atomic E-state index is -0.357. The van der Waals surface area contributed by atoms with Gasteiger partial charge in [-0.3, -0.25) is 4.79 Å². The van der Waals surface area contributed by atoms with Crippen LogP contribution in [-0.2, 0) is 0 Å². The van der Waals surface area contributed by atoms with Gasteiger partial charge < -0.3 is 10.2 Å². The molecule has 26 heavy (non-hydrogen) atoms. The number of benzene rings is 1. The molecule has 2 aromatic heterocycles. The number of hydrogen-bond acceptors (Lipinski definition) is 4. The van der Waals surface area contributed by atoms with Gasteiger partial charge in [0.15, 0.2) is 5.65 Å². The quantitative estimate of drug-likeness (QED) is 0.734. The molecule has 2 N–H and O–H groups in total. The summed E-state index contributed by atoms with van der Waals surface area (Å²) in [5.74, 6) is 0.194. The van der Waals surface area contributed by atoms with Gasteiger partial charge in [0.25, 0.3) is 5.91 Å². The maximum absolute atomic E-state index is 12.4. The Morgan fingerprint density at radius 1 is 1.27 bits per heavy atom. The molecular formula is C18H18ClN5O2. The Balaban J connectivity index is 1.36. The molecule has 1 fully saturated rings. The summed E-state index contributed by atoms with van der Waals surface area (Å²) in [5, 5.41) is 9.90. The molecule has 0 aliphatic carbocycles. The molecule has 134 valence electrons. The van der Waals surface area contributed by atoms with Gasteiger partial charge in [-0.05, 0) is 48.7 Å². The highest BCUT2D eigenvalue weighted by Gasteiger charge is 2.23. The molecule has 8 heteroatoms. The number of rotatable bonds is 4. The molecule has 1 aromatic carbocycles. The van der Waals surface area contributed by atoms with Crippen molar-refractivity contribution >= 4 is 28.8 Å². The molecule has 1 saturated heterocycles. The highest BCUT2D eigenvalue weighted by molar-refractivity contribution is 6.30. The second-order valence-electron chi connectivity index (χ2n) is 6.46. The van der Waals surface area contributed by atoms with Gasteiger partial charge in [0.1, 0.15) is 0 Å². The number of carbonyl (C=O) groups excluding carboxylic acids is 1. The summed E-state index contributed by atoms with van der Waals surface area (Å²) in [7, 11) is 0. The van der Waals surface area contributed by atoms with E-state index >= 15 is 0 Å². The molecule has 4 rings (SSSR count). The normalized spacial score (nSPS) is 17.0. The van der Waals surface area contributed by atoms with Crippen molar-refractivity contribution in [2.75, 3.05) is 24.5 Å². The second-order valence-corrected chi connectivity index (χ2v) is 6.90. The van der Waals surface area contributed by atoms with Gasteiger partial charge in [0, 0.05) is 36.5 Å². The molecule has 0 saturated carbocycles. The number of pyridine rings is 1. The molecule has 7 nitrogen and oxygen atoms in total. The van der Waals surface area contributed by atoms with Crippen molar-refractivity contribution in [2.24, 2.45) is 5.92 Å². The fraction of sp³-hybridized carbons (Fsp3) is 0.278. The Labute approximate surface area is 154 Å². The van der Waals surface area contributed by atoms with Gasteiger partial charge in [0.05, 0.1) is 5.56 Å². The van der Waals surface area contributed by atoms with E-state index < -0.39 is 0 Å². The van der Waals surface area contributed by atoms with Crippen LogP contribution in [0.25, 0.3) is 5.65 Å². The molecule has 1 amide bonds. The van der Waals surface area contributed by atoms with Gasteiger partial charge in [-0.25, -0.2) is 14.3 Å². The molecule has 1 aliphatic rings. The third-order valence-electron chi connectivity index (χ3n) is 4.70. The number of halogens is 1. The minimum absolute atomic E-state index is 0.190. The summed E-state index contributed by atoms with van der Waals surface area (Å²) in [6, 6.07) is 11.1. The summed E-state index contributed by atoms with van der Waals surface area (Å²) in [5.41, 5.74) is 1.71. The Morgan fingerprint density at radius 3 is 2.88 bits per heavy atom. The van der Waals surface area contributed by atoms with Crippen molar-refractivity contribution in [3.63, 3.8) is 0 Å². The average molecular weight is 372 g/mol. The number of amides is 1. The molecule has 0 unspecified atom stereocenters. The van der Waals surface area contributed by atoms with Crippen LogP contribution in [0.1, 0.15) is 16.8 Å². The number of anilines is 1. The number of aromatic amines is 1. The first-order chi connectivity index (χ1) is 12.6. The Kier molecular flexibility index (Phi) is 4.38. The number of fused-ring (bicyclic) bond motifs is 1. The van der Waals surface area contributed by atoms with E-state index in [1.54, 1.807) is 12.1 Å². The average Bonchev–Trinajstić information content (AvgIpc) is 3.27. The van der Waals surface area contributed by atoms with Crippen molar-refractivity contribution < 1.29 is 4.79 Å². The standard InChI is InChI=1S/C18H18ClN5O2/c19-14-2-4-15(5-3-14)23-8-7-12(10-23)9-20-17(25)13-1-6-16-21-22-18(26)24(16)11-13/h1-6,11-12H,7-10H2,(H,20,25)(H,22,26)/t12-/m0/s1. The molecular weight excluding hydrogens is 354 g/mol. The third-order valence-corrected chi connectivity index (χ3v) is 4.95. The van der Waals surface area contributed by atoms with Gasteiger partial charge in [-0.2, -0.15) is 5.10 Å². The van der Waals surface area contributed by atoms with E-state index in [4.69, 9.17) is 11.6 Å². The van der Waals surface area contributed by atoms with Crippen molar-refractivity contribution in [1.82, 2.24) is 19.9 Å². The van der Waals surface area contributed by atoms with Gasteiger partial charge >= 0.3 is 5.69 Å². The van der Waals surface area contributed by atoms with Crippen LogP contribution in [-0.4, -0.2) is 40.1 Å². The number of carbonyl (C=O) groups is 1. The number of nitrogens with zero attached hydrogens (tertiary/aromatic N) is 3. The Morgan fingerprint density at radius 2 is 2.08 bits per heavy atom. The lowest BCUT2D eigenvalue weighted by molar-refractivity contribution is 0.0948. The maximum atomic E-state index is 12.4. The van der Waals surface area contributed by atoms with Crippen LogP contribution in [0.3, 0.4) is 0 Å². The van der Waals surface area contributed by atoms with E-state index in [2.05, 4.69) is 20.4 Å². The van der Waals surface area contributed by atoms with Crippen LogP contribution in [0, 0.1) is 5.92 Å². The highest BCUT2D eigenvalue weighted by atomic mass is 35.5. The van der Waals surface area contributed by atoms with E-state index in [0.717, 1.165) is 30.2 Å². The van der Waals surface area contributed by atoms with E-state index in [1.807, 2.05) is 24.3 Å². The van der Waals surface area contributed by atoms with E-state index in [0.29, 0.717) is 23.7 Å². The van der Waals surface area contributed by atoms with Crippen LogP contribution in [0.15, 0.2) is 47.4 Å². The maximum Gasteiger partial charge on any atom is 0.347 e. The highest BCUT2D eigenvalue weighted by Crippen LogP contribution is 2.24. The SMILES string of the molecule is O=C(NC[C@@H]1CCN(c2ccc(Cl)cc2)C1)c1ccc2n[nH]c(=O)n2c1. The van der Waals surface area contributed by atoms with Crippen molar-refractivity contribution in [3.8, 4) is 0 Å². The lowest BCUT2D eigenvalue weighted by Crippen LogP contribution is -2.31. The summed E-state index contributed by atoms with van der Waals surface area (Å²) in [6.07, 6.45) is 2.52. The number of aromatic nitrogens is 3. The topological polar surface area (TPSA) is 82.5 Å². The van der Waals surface area contributed by atoms with Gasteiger partial charge in [0.2, 0.25) is 0 Å². The lowest BCUT2D eigenvalue weighted by atomic mass is 10.1. The van der Waals surface area contributed by atoms with Crippen molar-refractivity contribution in [1.29, 1.82) is 0 Å². The zero-order valence-corrected chi connectivity index (χ0v) is 14.7. The smallest absolute Gasteiger partial charge is 0.347 e. The Hall–Kier alpha value is -2.80. The van der Waals surface area contributed by atoms with Crippen LogP contribution in [0.2, 0.25) is 5.02 Å². The van der Waals surface area contributed by atoms with Crippen molar-refractivity contribution in [2.45, 2.75) is 6.42 Å². The first-order valence-corrected chi connectivity index (χ1v) is 8.83. The predicted octanol–water partition coefficient (Wildman–Crippen LogP) is 1.93. The third kappa shape index (κ3) is 3.30. The van der Waals surface area contributed by atoms with Gasteiger partial charge in [-0.15, -0.1) is 0 Å². The molecule has 0 spiro atoms. The molecule has 3 heterocycles. The number of hydrogen-bond donors (Lipinski definition) is 2. The zero-order chi connectivity index (χ0) is 18.1. The number of nitrogens with one attached hydrogen (secondary N) is 2. The van der Waals surface area contributed by atoms with Crippen molar-refractivity contribution in [3.05, 3.63) is 63.7 Å². The summed E-state index contributed by atoms with van der Waals surface area (Å²) in [6.45, 7) is 2.45. The largest absolute Gasteiger partial charge is 0.371 e. The summed E-state index contributed by atoms with van der Waals surface area (Å²) >= 11 is 5.94. The summed E-state index contributed by atoms with van der Waals surface area (Å²) in [4.78, 5) is 26.3. The fourth-order valence-corrected chi connectivity index (χ4v) is 3.39. The van der Waals surface area contributed by atoms with E-state index in [-0.39, 0.29) is 11.6 Å². The van der Waals surface area contributed by atoms with E-state index in [1.165, 1.54) is 10.6 Å². The van der Waals surface area contributed by atoms with Crippen LogP contribution < -0.4 is 15.9 Å². The molecule has 0 bridgehead atoms. The number of H-pyrrole nitrogens is 1. The zero-order valence-electron chi connectivity index (χ0n) is 14.0. The Bertz CT molecular complexity index is 995. The van der Waals surface area contributed by atoms with Gasteiger partial charge in [-0.1, -0.05) is 11.6 Å². The van der Waals surface area contributed by atoms with Crippen LogP contribution >= 0.6 is 11.6 Å². The minimum Gasteiger partial charge on any atom is -0.371 e. The van der Waals surface area contributed by atoms with E-state index in [9.17, 15) is 9.59 Å². The molecule has 3 aromatic rings. The van der Waals surface area contributed by atoms with Crippen LogP contribution in [0.4, 0.5) is 5.69 Å². The molecule has 1 atom stereocenters. The lowest BCUT2D eigenvalue weighted by Gasteiger charge is -2.19. The monoisotopic (exact) mass is 371 g/mol. The molecule has 0 radical (unpaired) electrons. The molecule has 1 aliphatic heterocycles. The fourth-order valence-electron chi connectivity index (χ4n) is 3.26. The second kappa shape index (κ2) is 6.84. The first-order valence-electron chi connectivity index (χ1n) is 8.45. The first kappa shape index (κ1) is 16.7.